The number of halogens is 1. The van der Waals surface area contributed by atoms with Crippen LogP contribution in [0.3, 0.4) is 0 Å². The van der Waals surface area contributed by atoms with Gasteiger partial charge in [0.2, 0.25) is 0 Å². The zero-order valence-corrected chi connectivity index (χ0v) is 19.0. The van der Waals surface area contributed by atoms with E-state index in [9.17, 15) is 9.18 Å². The van der Waals surface area contributed by atoms with Gasteiger partial charge in [-0.25, -0.2) is 9.37 Å². The van der Waals surface area contributed by atoms with Gasteiger partial charge in [-0.05, 0) is 38.1 Å². The smallest absolute Gasteiger partial charge is 0.258 e. The molecule has 0 spiro atoms. The van der Waals surface area contributed by atoms with E-state index in [2.05, 4.69) is 15.2 Å². The van der Waals surface area contributed by atoms with Crippen LogP contribution in [0.15, 0.2) is 69.9 Å². The Balaban J connectivity index is 1.55. The third-order valence-electron chi connectivity index (χ3n) is 5.02. The first-order valence-corrected chi connectivity index (χ1v) is 11.7. The van der Waals surface area contributed by atoms with Crippen molar-refractivity contribution in [2.75, 3.05) is 0 Å². The zero-order valence-electron chi connectivity index (χ0n) is 17.3. The standard InChI is InChI=1S/C23H18FN5OS2/c1-14-7-9-17(10-8-14)29-21(18-5-3-4-6-19(18)24)26-27-23(29)32-13-16-11-20(30)28-15(2)12-31-22(28)25-16/h3-12H,13H2,1-2H3. The summed E-state index contributed by atoms with van der Waals surface area (Å²) in [5, 5.41) is 11.1. The second kappa shape index (κ2) is 8.33. The summed E-state index contributed by atoms with van der Waals surface area (Å²) in [5.41, 5.74) is 3.75. The minimum Gasteiger partial charge on any atom is -0.270 e. The quantitative estimate of drug-likeness (QED) is 0.341. The Labute approximate surface area is 191 Å². The molecule has 0 aliphatic carbocycles. The molecule has 32 heavy (non-hydrogen) atoms. The summed E-state index contributed by atoms with van der Waals surface area (Å²) in [6.45, 7) is 3.89. The van der Waals surface area contributed by atoms with Crippen molar-refractivity contribution in [1.29, 1.82) is 0 Å². The number of nitrogens with zero attached hydrogens (tertiary/aromatic N) is 5. The largest absolute Gasteiger partial charge is 0.270 e. The van der Waals surface area contributed by atoms with Crippen LogP contribution in [-0.2, 0) is 5.75 Å². The van der Waals surface area contributed by atoms with Crippen LogP contribution in [0.25, 0.3) is 22.0 Å². The Morgan fingerprint density at radius 3 is 2.62 bits per heavy atom. The number of hydrogen-bond donors (Lipinski definition) is 0. The average Bonchev–Trinajstić information content (AvgIpc) is 3.37. The van der Waals surface area contributed by atoms with Crippen molar-refractivity contribution in [1.82, 2.24) is 24.1 Å². The minimum absolute atomic E-state index is 0.101. The molecule has 0 amide bonds. The fourth-order valence-corrected chi connectivity index (χ4v) is 5.16. The second-order valence-corrected chi connectivity index (χ2v) is 9.11. The molecule has 5 rings (SSSR count). The van der Waals surface area contributed by atoms with Gasteiger partial charge in [0, 0.05) is 28.6 Å². The molecule has 5 aromatic rings. The van der Waals surface area contributed by atoms with E-state index in [1.807, 2.05) is 48.1 Å². The minimum atomic E-state index is -0.363. The summed E-state index contributed by atoms with van der Waals surface area (Å²) in [5.74, 6) is 0.495. The summed E-state index contributed by atoms with van der Waals surface area (Å²) < 4.78 is 18.0. The molecule has 0 radical (unpaired) electrons. The number of rotatable bonds is 5. The van der Waals surface area contributed by atoms with E-state index in [0.29, 0.717) is 33.0 Å². The fraction of sp³-hybridized carbons (Fsp3) is 0.130. The highest BCUT2D eigenvalue weighted by atomic mass is 32.2. The van der Waals surface area contributed by atoms with Gasteiger partial charge in [-0.1, -0.05) is 41.6 Å². The zero-order chi connectivity index (χ0) is 22.2. The lowest BCUT2D eigenvalue weighted by atomic mass is 10.2. The third kappa shape index (κ3) is 3.74. The molecule has 160 valence electrons. The first kappa shape index (κ1) is 20.6. The van der Waals surface area contributed by atoms with Gasteiger partial charge in [-0.2, -0.15) is 0 Å². The Bertz CT molecular complexity index is 1490. The second-order valence-electron chi connectivity index (χ2n) is 7.33. The van der Waals surface area contributed by atoms with E-state index >= 15 is 0 Å². The molecule has 9 heteroatoms. The van der Waals surface area contributed by atoms with E-state index in [0.717, 1.165) is 16.9 Å². The maximum absolute atomic E-state index is 14.6. The predicted octanol–water partition coefficient (Wildman–Crippen LogP) is 5.05. The maximum atomic E-state index is 14.6. The Hall–Kier alpha value is -3.30. The highest BCUT2D eigenvalue weighted by Crippen LogP contribution is 2.30. The number of hydrogen-bond acceptors (Lipinski definition) is 6. The topological polar surface area (TPSA) is 65.1 Å². The number of fused-ring (bicyclic) bond motifs is 1. The van der Waals surface area contributed by atoms with Crippen molar-refractivity contribution in [3.63, 3.8) is 0 Å². The summed E-state index contributed by atoms with van der Waals surface area (Å²) in [6.07, 6.45) is 0. The average molecular weight is 464 g/mol. The van der Waals surface area contributed by atoms with Gasteiger partial charge in [0.15, 0.2) is 15.9 Å². The van der Waals surface area contributed by atoms with Gasteiger partial charge >= 0.3 is 0 Å². The van der Waals surface area contributed by atoms with E-state index in [-0.39, 0.29) is 11.4 Å². The van der Waals surface area contributed by atoms with Gasteiger partial charge in [-0.15, -0.1) is 21.5 Å². The Kier molecular flexibility index (Phi) is 5.36. The monoisotopic (exact) mass is 463 g/mol. The van der Waals surface area contributed by atoms with E-state index in [1.54, 1.807) is 28.7 Å². The van der Waals surface area contributed by atoms with Gasteiger partial charge in [0.1, 0.15) is 5.82 Å². The molecular formula is C23H18FN5OS2. The number of thioether (sulfide) groups is 1. The molecule has 0 N–H and O–H groups in total. The SMILES string of the molecule is Cc1ccc(-n2c(SCc3cc(=O)n4c(C)csc4n3)nnc2-c2ccccc2F)cc1. The van der Waals surface area contributed by atoms with Crippen LogP contribution in [0.1, 0.15) is 17.0 Å². The number of benzene rings is 2. The molecule has 0 atom stereocenters. The van der Waals surface area contributed by atoms with Gasteiger partial charge in [-0.3, -0.25) is 13.8 Å². The lowest BCUT2D eigenvalue weighted by Crippen LogP contribution is -2.14. The van der Waals surface area contributed by atoms with Crippen molar-refractivity contribution < 1.29 is 4.39 Å². The first-order valence-electron chi connectivity index (χ1n) is 9.88. The highest BCUT2D eigenvalue weighted by Gasteiger charge is 2.19. The molecule has 2 aromatic carbocycles. The van der Waals surface area contributed by atoms with Crippen LogP contribution < -0.4 is 5.56 Å². The van der Waals surface area contributed by atoms with E-state index in [1.165, 1.54) is 29.2 Å². The van der Waals surface area contributed by atoms with Crippen molar-refractivity contribution in [3.8, 4) is 17.1 Å². The molecule has 0 saturated carbocycles. The summed E-state index contributed by atoms with van der Waals surface area (Å²) >= 11 is 2.84. The third-order valence-corrected chi connectivity index (χ3v) is 6.92. The molecule has 3 aromatic heterocycles. The van der Waals surface area contributed by atoms with Crippen molar-refractivity contribution >= 4 is 28.1 Å². The summed E-state index contributed by atoms with van der Waals surface area (Å²) in [7, 11) is 0. The molecule has 0 saturated heterocycles. The number of aryl methyl sites for hydroxylation is 2. The van der Waals surface area contributed by atoms with Gasteiger partial charge < -0.3 is 0 Å². The van der Waals surface area contributed by atoms with Crippen LogP contribution in [0.4, 0.5) is 4.39 Å². The highest BCUT2D eigenvalue weighted by molar-refractivity contribution is 7.98. The lowest BCUT2D eigenvalue weighted by molar-refractivity contribution is 0.629. The van der Waals surface area contributed by atoms with Crippen molar-refractivity contribution in [2.24, 2.45) is 0 Å². The van der Waals surface area contributed by atoms with Gasteiger partial charge in [0.05, 0.1) is 11.3 Å². The summed E-state index contributed by atoms with van der Waals surface area (Å²) in [4.78, 5) is 17.8. The Morgan fingerprint density at radius 2 is 1.84 bits per heavy atom. The van der Waals surface area contributed by atoms with Crippen LogP contribution in [0, 0.1) is 19.7 Å². The molecular weight excluding hydrogens is 445 g/mol. The molecule has 0 fully saturated rings. The first-order chi connectivity index (χ1) is 15.5. The van der Waals surface area contributed by atoms with E-state index in [4.69, 9.17) is 0 Å². The number of aromatic nitrogens is 5. The van der Waals surface area contributed by atoms with Gasteiger partial charge in [0.25, 0.3) is 5.56 Å². The maximum Gasteiger partial charge on any atom is 0.258 e. The van der Waals surface area contributed by atoms with Crippen molar-refractivity contribution in [2.45, 2.75) is 24.8 Å². The van der Waals surface area contributed by atoms with Crippen LogP contribution >= 0.6 is 23.1 Å². The van der Waals surface area contributed by atoms with E-state index < -0.39 is 0 Å². The van der Waals surface area contributed by atoms with Crippen LogP contribution in [0.2, 0.25) is 0 Å². The molecule has 6 nitrogen and oxygen atoms in total. The molecule has 0 aliphatic rings. The molecule has 0 bridgehead atoms. The van der Waals surface area contributed by atoms with Crippen molar-refractivity contribution in [3.05, 3.63) is 93.1 Å². The van der Waals surface area contributed by atoms with Crippen LogP contribution in [-0.4, -0.2) is 24.1 Å². The molecule has 0 aliphatic heterocycles. The fourth-order valence-electron chi connectivity index (χ4n) is 3.42. The molecule has 3 heterocycles. The Morgan fingerprint density at radius 1 is 1.06 bits per heavy atom. The predicted molar refractivity (Wildman–Crippen MR) is 125 cm³/mol. The lowest BCUT2D eigenvalue weighted by Gasteiger charge is -2.11. The normalized spacial score (nSPS) is 11.3. The summed E-state index contributed by atoms with van der Waals surface area (Å²) in [6, 6.07) is 16.0. The van der Waals surface area contributed by atoms with Crippen LogP contribution in [0.5, 0.6) is 0 Å². The molecule has 0 unspecified atom stereocenters. The number of thiazole rings is 1.